The van der Waals surface area contributed by atoms with Gasteiger partial charge in [0, 0.05) is 19.2 Å². The molecule has 29 heavy (non-hydrogen) atoms. The molecule has 0 spiro atoms. The predicted molar refractivity (Wildman–Crippen MR) is 122 cm³/mol. The fourth-order valence-corrected chi connectivity index (χ4v) is 3.82. The SMILES string of the molecule is Cc1nc2cc(CNC(=O)c3cccc(CC4CCNC4)c3)ccc2n1C.Cl.Cl. The molecule has 5 nitrogen and oxygen atoms in total. The number of imidazole rings is 1. The minimum absolute atomic E-state index is 0. The Labute approximate surface area is 184 Å². The lowest BCUT2D eigenvalue weighted by Crippen LogP contribution is -2.23. The van der Waals surface area contributed by atoms with E-state index in [2.05, 4.69) is 32.3 Å². The highest BCUT2D eigenvalue weighted by Crippen LogP contribution is 2.18. The van der Waals surface area contributed by atoms with Crippen molar-refractivity contribution in [3.8, 4) is 0 Å². The number of hydrogen-bond donors (Lipinski definition) is 2. The van der Waals surface area contributed by atoms with E-state index >= 15 is 0 Å². The monoisotopic (exact) mass is 434 g/mol. The van der Waals surface area contributed by atoms with Gasteiger partial charge in [0.15, 0.2) is 0 Å². The summed E-state index contributed by atoms with van der Waals surface area (Å²) in [4.78, 5) is 17.2. The third-order valence-corrected chi connectivity index (χ3v) is 5.50. The van der Waals surface area contributed by atoms with Crippen LogP contribution in [0.4, 0.5) is 0 Å². The molecule has 1 aliphatic heterocycles. The summed E-state index contributed by atoms with van der Waals surface area (Å²) in [5.74, 6) is 1.64. The largest absolute Gasteiger partial charge is 0.348 e. The van der Waals surface area contributed by atoms with Gasteiger partial charge in [0.05, 0.1) is 11.0 Å². The van der Waals surface area contributed by atoms with Crippen molar-refractivity contribution in [1.29, 1.82) is 0 Å². The first-order valence-corrected chi connectivity index (χ1v) is 9.60. The van der Waals surface area contributed by atoms with Crippen molar-refractivity contribution in [2.24, 2.45) is 13.0 Å². The van der Waals surface area contributed by atoms with E-state index in [1.807, 2.05) is 44.3 Å². The second-order valence-electron chi connectivity index (χ2n) is 7.49. The molecule has 3 aromatic rings. The second-order valence-corrected chi connectivity index (χ2v) is 7.49. The molecular weight excluding hydrogens is 407 g/mol. The molecule has 1 saturated heterocycles. The van der Waals surface area contributed by atoms with Crippen molar-refractivity contribution in [2.45, 2.75) is 26.3 Å². The van der Waals surface area contributed by atoms with Gasteiger partial charge in [-0.2, -0.15) is 0 Å². The van der Waals surface area contributed by atoms with Gasteiger partial charge < -0.3 is 15.2 Å². The quantitative estimate of drug-likeness (QED) is 0.641. The van der Waals surface area contributed by atoms with Crippen LogP contribution in [0.3, 0.4) is 0 Å². The Balaban J connectivity index is 0.00000150. The van der Waals surface area contributed by atoms with Crippen molar-refractivity contribution < 1.29 is 4.79 Å². The number of carbonyl (C=O) groups is 1. The number of rotatable bonds is 5. The summed E-state index contributed by atoms with van der Waals surface area (Å²) in [6, 6.07) is 14.2. The summed E-state index contributed by atoms with van der Waals surface area (Å²) in [6.07, 6.45) is 2.25. The average molecular weight is 435 g/mol. The van der Waals surface area contributed by atoms with E-state index in [-0.39, 0.29) is 30.7 Å². The molecule has 4 rings (SSSR count). The summed E-state index contributed by atoms with van der Waals surface area (Å²) in [5, 5.41) is 6.44. The van der Waals surface area contributed by atoms with Gasteiger partial charge in [-0.15, -0.1) is 24.8 Å². The number of hydrogen-bond acceptors (Lipinski definition) is 3. The maximum absolute atomic E-state index is 12.6. The fraction of sp³-hybridized carbons (Fsp3) is 0.364. The highest BCUT2D eigenvalue weighted by Gasteiger charge is 2.15. The van der Waals surface area contributed by atoms with Crippen LogP contribution < -0.4 is 10.6 Å². The van der Waals surface area contributed by atoms with Crippen LogP contribution in [-0.4, -0.2) is 28.5 Å². The number of carbonyl (C=O) groups excluding carboxylic acids is 1. The van der Waals surface area contributed by atoms with Crippen molar-refractivity contribution in [3.63, 3.8) is 0 Å². The summed E-state index contributed by atoms with van der Waals surface area (Å²) in [7, 11) is 2.01. The number of nitrogens with zero attached hydrogens (tertiary/aromatic N) is 2. The molecule has 1 atom stereocenters. The Morgan fingerprint density at radius 1 is 1.21 bits per heavy atom. The number of fused-ring (bicyclic) bond motifs is 1. The minimum atomic E-state index is -0.0290. The highest BCUT2D eigenvalue weighted by molar-refractivity contribution is 5.94. The molecule has 1 aromatic heterocycles. The molecular formula is C22H28Cl2N4O. The van der Waals surface area contributed by atoms with E-state index in [1.165, 1.54) is 12.0 Å². The lowest BCUT2D eigenvalue weighted by atomic mass is 9.97. The van der Waals surface area contributed by atoms with E-state index in [0.29, 0.717) is 12.5 Å². The number of aryl methyl sites for hydroxylation is 2. The number of amides is 1. The van der Waals surface area contributed by atoms with Crippen molar-refractivity contribution >= 4 is 41.8 Å². The Morgan fingerprint density at radius 3 is 2.79 bits per heavy atom. The Hall–Kier alpha value is -2.08. The maximum Gasteiger partial charge on any atom is 0.251 e. The molecule has 0 saturated carbocycles. The van der Waals surface area contributed by atoms with Crippen LogP contribution in [0.5, 0.6) is 0 Å². The molecule has 1 unspecified atom stereocenters. The lowest BCUT2D eigenvalue weighted by molar-refractivity contribution is 0.0951. The summed E-state index contributed by atoms with van der Waals surface area (Å²) >= 11 is 0. The standard InChI is InChI=1S/C22H26N4O.2ClH/c1-15-25-20-12-17(6-7-21(20)26(15)2)14-24-22(27)19-5-3-4-16(11-19)10-18-8-9-23-13-18;;/h3-7,11-12,18,23H,8-10,13-14H2,1-2H3,(H,24,27);2*1H. The highest BCUT2D eigenvalue weighted by atomic mass is 35.5. The Kier molecular flexibility index (Phi) is 8.08. The van der Waals surface area contributed by atoms with Gasteiger partial charge in [-0.25, -0.2) is 4.98 Å². The maximum atomic E-state index is 12.6. The fourth-order valence-electron chi connectivity index (χ4n) is 3.82. The topological polar surface area (TPSA) is 59.0 Å². The minimum Gasteiger partial charge on any atom is -0.348 e. The first kappa shape index (κ1) is 23.2. The third kappa shape index (κ3) is 5.30. The van der Waals surface area contributed by atoms with E-state index in [1.54, 1.807) is 0 Å². The molecule has 1 fully saturated rings. The van der Waals surface area contributed by atoms with Crippen LogP contribution in [0, 0.1) is 12.8 Å². The van der Waals surface area contributed by atoms with Gasteiger partial charge in [0.25, 0.3) is 5.91 Å². The average Bonchev–Trinajstić information content (AvgIpc) is 3.28. The molecule has 7 heteroatoms. The lowest BCUT2D eigenvalue weighted by Gasteiger charge is -2.10. The van der Waals surface area contributed by atoms with Crippen molar-refractivity contribution in [1.82, 2.24) is 20.2 Å². The van der Waals surface area contributed by atoms with E-state index in [0.717, 1.165) is 47.5 Å². The molecule has 1 amide bonds. The van der Waals surface area contributed by atoms with E-state index in [4.69, 9.17) is 0 Å². The van der Waals surface area contributed by atoms with Crippen LogP contribution in [0.2, 0.25) is 0 Å². The zero-order valence-corrected chi connectivity index (χ0v) is 18.4. The number of nitrogens with one attached hydrogen (secondary N) is 2. The second kappa shape index (κ2) is 10.1. The molecule has 1 aliphatic rings. The Bertz CT molecular complexity index is 980. The molecule has 2 aromatic carbocycles. The molecule has 156 valence electrons. The first-order valence-electron chi connectivity index (χ1n) is 9.60. The van der Waals surface area contributed by atoms with Gasteiger partial charge in [-0.3, -0.25) is 4.79 Å². The van der Waals surface area contributed by atoms with Crippen LogP contribution in [0.15, 0.2) is 42.5 Å². The first-order chi connectivity index (χ1) is 13.1. The van der Waals surface area contributed by atoms with Crippen molar-refractivity contribution in [3.05, 3.63) is 65.0 Å². The Morgan fingerprint density at radius 2 is 2.03 bits per heavy atom. The molecule has 0 aliphatic carbocycles. The van der Waals surface area contributed by atoms with Crippen LogP contribution in [-0.2, 0) is 20.0 Å². The van der Waals surface area contributed by atoms with Gasteiger partial charge in [0.2, 0.25) is 0 Å². The molecule has 2 heterocycles. The van der Waals surface area contributed by atoms with Crippen LogP contribution >= 0.6 is 24.8 Å². The summed E-state index contributed by atoms with van der Waals surface area (Å²) < 4.78 is 2.07. The predicted octanol–water partition coefficient (Wildman–Crippen LogP) is 3.81. The van der Waals surface area contributed by atoms with Gasteiger partial charge in [-0.1, -0.05) is 18.2 Å². The number of aromatic nitrogens is 2. The third-order valence-electron chi connectivity index (χ3n) is 5.50. The zero-order valence-electron chi connectivity index (χ0n) is 16.8. The van der Waals surface area contributed by atoms with E-state index in [9.17, 15) is 4.79 Å². The summed E-state index contributed by atoms with van der Waals surface area (Å²) in [5.41, 5.74) is 5.10. The number of benzene rings is 2. The number of halogens is 2. The molecule has 0 radical (unpaired) electrons. The van der Waals surface area contributed by atoms with Gasteiger partial charge in [0.1, 0.15) is 5.82 Å². The summed E-state index contributed by atoms with van der Waals surface area (Å²) in [6.45, 7) is 4.67. The smallest absolute Gasteiger partial charge is 0.251 e. The molecule has 2 N–H and O–H groups in total. The normalized spacial score (nSPS) is 15.6. The van der Waals surface area contributed by atoms with Crippen LogP contribution in [0.1, 0.15) is 33.7 Å². The zero-order chi connectivity index (χ0) is 18.8. The van der Waals surface area contributed by atoms with Crippen LogP contribution in [0.25, 0.3) is 11.0 Å². The van der Waals surface area contributed by atoms with Gasteiger partial charge in [-0.05, 0) is 74.2 Å². The molecule has 0 bridgehead atoms. The van der Waals surface area contributed by atoms with Crippen molar-refractivity contribution in [2.75, 3.05) is 13.1 Å². The van der Waals surface area contributed by atoms with E-state index < -0.39 is 0 Å². The van der Waals surface area contributed by atoms with Gasteiger partial charge >= 0.3 is 0 Å².